The number of benzene rings is 4. The number of nitrogen functional groups attached to an aromatic ring is 1. The zero-order valence-electron chi connectivity index (χ0n) is 23.3. The second-order valence-corrected chi connectivity index (χ2v) is 9.85. The number of ether oxygens (including phenoxy) is 1. The summed E-state index contributed by atoms with van der Waals surface area (Å²) >= 11 is 0. The molecule has 0 aliphatic heterocycles. The zero-order chi connectivity index (χ0) is 29.2. The maximum absolute atomic E-state index is 13.5. The first-order valence-electron chi connectivity index (χ1n) is 13.6. The molecule has 4 aromatic carbocycles. The SMILES string of the molecule is CCc1cccc(-c2ccc(C(=O)N[C@@H](/C=C/c3ccccc3)[C@H](Cc3cccc(C(=N)N)c3)C(=O)OC)cc2)c1. The second-order valence-electron chi connectivity index (χ2n) is 9.85. The minimum absolute atomic E-state index is 0.0554. The fourth-order valence-electron chi connectivity index (χ4n) is 4.71. The molecule has 0 bridgehead atoms. The molecule has 1 amide bonds. The molecule has 0 aromatic heterocycles. The Morgan fingerprint density at radius 1 is 0.854 bits per heavy atom. The number of methoxy groups -OCH3 is 1. The topological polar surface area (TPSA) is 105 Å². The molecule has 0 saturated heterocycles. The van der Waals surface area contributed by atoms with Gasteiger partial charge in [0.2, 0.25) is 0 Å². The van der Waals surface area contributed by atoms with E-state index in [0.717, 1.165) is 28.7 Å². The van der Waals surface area contributed by atoms with Crippen molar-refractivity contribution >= 4 is 23.8 Å². The van der Waals surface area contributed by atoms with E-state index in [0.29, 0.717) is 11.1 Å². The molecule has 0 spiro atoms. The molecule has 2 atom stereocenters. The molecule has 6 nitrogen and oxygen atoms in total. The largest absolute Gasteiger partial charge is 0.469 e. The lowest BCUT2D eigenvalue weighted by Gasteiger charge is -2.24. The normalized spacial score (nSPS) is 12.4. The number of esters is 1. The number of rotatable bonds is 11. The van der Waals surface area contributed by atoms with Gasteiger partial charge < -0.3 is 15.8 Å². The number of amides is 1. The molecule has 0 aliphatic carbocycles. The predicted octanol–water partition coefficient (Wildman–Crippen LogP) is 6.04. The molecular formula is C35H35N3O3. The van der Waals surface area contributed by atoms with Gasteiger partial charge in [-0.1, -0.05) is 104 Å². The molecule has 0 unspecified atom stereocenters. The highest BCUT2D eigenvalue weighted by Gasteiger charge is 2.30. The number of nitrogens with one attached hydrogen (secondary N) is 2. The lowest BCUT2D eigenvalue weighted by Crippen LogP contribution is -2.43. The fraction of sp³-hybridized carbons (Fsp3) is 0.171. The van der Waals surface area contributed by atoms with Gasteiger partial charge in [-0.25, -0.2) is 0 Å². The minimum Gasteiger partial charge on any atom is -0.469 e. The summed E-state index contributed by atoms with van der Waals surface area (Å²) in [5.74, 6) is -1.53. The van der Waals surface area contributed by atoms with Gasteiger partial charge in [0.1, 0.15) is 5.84 Å². The van der Waals surface area contributed by atoms with Crippen molar-refractivity contribution in [1.29, 1.82) is 5.41 Å². The summed E-state index contributed by atoms with van der Waals surface area (Å²) in [5.41, 5.74) is 11.9. The Morgan fingerprint density at radius 3 is 2.24 bits per heavy atom. The average Bonchev–Trinajstić information content (AvgIpc) is 3.02. The van der Waals surface area contributed by atoms with Crippen LogP contribution >= 0.6 is 0 Å². The highest BCUT2D eigenvalue weighted by atomic mass is 16.5. The monoisotopic (exact) mass is 545 g/mol. The summed E-state index contributed by atoms with van der Waals surface area (Å²) < 4.78 is 5.18. The number of hydrogen-bond donors (Lipinski definition) is 3. The highest BCUT2D eigenvalue weighted by Crippen LogP contribution is 2.23. The van der Waals surface area contributed by atoms with Crippen molar-refractivity contribution in [1.82, 2.24) is 5.32 Å². The third-order valence-corrected chi connectivity index (χ3v) is 7.04. The third-order valence-electron chi connectivity index (χ3n) is 7.04. The molecule has 6 heteroatoms. The molecule has 0 saturated carbocycles. The van der Waals surface area contributed by atoms with E-state index in [1.165, 1.54) is 12.7 Å². The number of carbonyl (C=O) groups is 2. The Kier molecular flexibility index (Phi) is 9.84. The minimum atomic E-state index is -0.720. The molecule has 41 heavy (non-hydrogen) atoms. The van der Waals surface area contributed by atoms with Crippen LogP contribution in [-0.2, 0) is 22.4 Å². The standard InChI is InChI=1S/C35H35N3O3/c1-3-24-11-7-13-29(21-24)27-16-18-28(19-17-27)34(39)38-32(20-15-25-9-5-4-6-10-25)31(35(40)41-2)23-26-12-8-14-30(22-26)33(36)37/h4-22,31-32H,3,23H2,1-2H3,(H3,36,37)(H,38,39)/b20-15+/t31-,32-/m0/s1. The summed E-state index contributed by atoms with van der Waals surface area (Å²) in [6.45, 7) is 2.12. The maximum Gasteiger partial charge on any atom is 0.311 e. The van der Waals surface area contributed by atoms with Crippen molar-refractivity contribution in [2.75, 3.05) is 7.11 Å². The second kappa shape index (κ2) is 13.9. The van der Waals surface area contributed by atoms with Gasteiger partial charge in [-0.15, -0.1) is 0 Å². The summed E-state index contributed by atoms with van der Waals surface area (Å²) in [6.07, 6.45) is 4.95. The quantitative estimate of drug-likeness (QED) is 0.121. The molecule has 4 aromatic rings. The summed E-state index contributed by atoms with van der Waals surface area (Å²) in [4.78, 5) is 26.6. The van der Waals surface area contributed by atoms with Crippen LogP contribution < -0.4 is 11.1 Å². The lowest BCUT2D eigenvalue weighted by atomic mass is 9.90. The Hall–Kier alpha value is -4.97. The molecule has 4 rings (SSSR count). The van der Waals surface area contributed by atoms with Gasteiger partial charge in [-0.2, -0.15) is 0 Å². The van der Waals surface area contributed by atoms with E-state index in [1.54, 1.807) is 30.3 Å². The molecule has 4 N–H and O–H groups in total. The Balaban J connectivity index is 1.62. The van der Waals surface area contributed by atoms with Gasteiger partial charge in [-0.05, 0) is 58.9 Å². The summed E-state index contributed by atoms with van der Waals surface area (Å²) in [6, 6.07) is 32.0. The van der Waals surface area contributed by atoms with Crippen molar-refractivity contribution in [2.45, 2.75) is 25.8 Å². The molecule has 0 aliphatic rings. The van der Waals surface area contributed by atoms with Gasteiger partial charge in [0, 0.05) is 11.1 Å². The van der Waals surface area contributed by atoms with Crippen LogP contribution in [0.4, 0.5) is 0 Å². The van der Waals surface area contributed by atoms with Crippen LogP contribution in [0.2, 0.25) is 0 Å². The van der Waals surface area contributed by atoms with Crippen molar-refractivity contribution in [3.63, 3.8) is 0 Å². The number of carbonyl (C=O) groups excluding carboxylic acids is 2. The predicted molar refractivity (Wildman–Crippen MR) is 165 cm³/mol. The maximum atomic E-state index is 13.5. The van der Waals surface area contributed by atoms with Crippen LogP contribution in [0.3, 0.4) is 0 Å². The molecule has 0 heterocycles. The van der Waals surface area contributed by atoms with Crippen LogP contribution in [0.5, 0.6) is 0 Å². The molecule has 0 radical (unpaired) electrons. The fourth-order valence-corrected chi connectivity index (χ4v) is 4.71. The van der Waals surface area contributed by atoms with Crippen LogP contribution in [0.1, 0.15) is 39.5 Å². The van der Waals surface area contributed by atoms with E-state index in [9.17, 15) is 9.59 Å². The lowest BCUT2D eigenvalue weighted by molar-refractivity contribution is -0.145. The smallest absolute Gasteiger partial charge is 0.311 e. The highest BCUT2D eigenvalue weighted by molar-refractivity contribution is 5.96. The summed E-state index contributed by atoms with van der Waals surface area (Å²) in [7, 11) is 1.34. The van der Waals surface area contributed by atoms with Gasteiger partial charge in [0.25, 0.3) is 5.91 Å². The number of amidine groups is 1. The van der Waals surface area contributed by atoms with E-state index >= 15 is 0 Å². The van der Waals surface area contributed by atoms with E-state index in [-0.39, 0.29) is 18.2 Å². The summed E-state index contributed by atoms with van der Waals surface area (Å²) in [5, 5.41) is 10.8. The first-order valence-corrected chi connectivity index (χ1v) is 13.6. The van der Waals surface area contributed by atoms with Gasteiger partial charge >= 0.3 is 5.97 Å². The van der Waals surface area contributed by atoms with Gasteiger partial charge in [-0.3, -0.25) is 15.0 Å². The third kappa shape index (κ3) is 7.79. The Bertz CT molecular complexity index is 1530. The van der Waals surface area contributed by atoms with Crippen molar-refractivity contribution < 1.29 is 14.3 Å². The van der Waals surface area contributed by atoms with Crippen LogP contribution in [0.15, 0.2) is 109 Å². The first kappa shape index (κ1) is 29.0. The zero-order valence-corrected chi connectivity index (χ0v) is 23.3. The van der Waals surface area contributed by atoms with Crippen molar-refractivity contribution in [3.8, 4) is 11.1 Å². The Morgan fingerprint density at radius 2 is 1.56 bits per heavy atom. The van der Waals surface area contributed by atoms with Crippen molar-refractivity contribution in [2.24, 2.45) is 11.7 Å². The van der Waals surface area contributed by atoms with Crippen LogP contribution in [0, 0.1) is 11.3 Å². The van der Waals surface area contributed by atoms with Gasteiger partial charge in [0.05, 0.1) is 19.1 Å². The molecule has 208 valence electrons. The Labute approximate surface area is 241 Å². The van der Waals surface area contributed by atoms with Gasteiger partial charge in [0.15, 0.2) is 0 Å². The van der Waals surface area contributed by atoms with Crippen LogP contribution in [0.25, 0.3) is 17.2 Å². The number of nitrogens with two attached hydrogens (primary N) is 1. The van der Waals surface area contributed by atoms with Crippen molar-refractivity contribution in [3.05, 3.63) is 137 Å². The number of hydrogen-bond acceptors (Lipinski definition) is 4. The van der Waals surface area contributed by atoms with E-state index in [2.05, 4.69) is 30.4 Å². The van der Waals surface area contributed by atoms with E-state index in [1.807, 2.05) is 66.7 Å². The van der Waals surface area contributed by atoms with E-state index < -0.39 is 17.9 Å². The molecule has 0 fully saturated rings. The van der Waals surface area contributed by atoms with Crippen LogP contribution in [-0.4, -0.2) is 30.9 Å². The number of aryl methyl sites for hydroxylation is 1. The van der Waals surface area contributed by atoms with E-state index in [4.69, 9.17) is 15.9 Å². The first-order chi connectivity index (χ1) is 19.9. The molecular weight excluding hydrogens is 510 g/mol. The average molecular weight is 546 g/mol.